The highest BCUT2D eigenvalue weighted by atomic mass is 16.5. The molecule has 2 N–H and O–H groups in total. The molecule has 14 heavy (non-hydrogen) atoms. The second-order valence-corrected chi connectivity index (χ2v) is 4.46. The van der Waals surface area contributed by atoms with Crippen molar-refractivity contribution in [1.82, 2.24) is 9.78 Å². The quantitative estimate of drug-likeness (QED) is 0.740. The standard InChI is InChI=1S/C10H17N3O/c1-10(2)7-8(4-6-14-10)13-9(11)3-5-12-13/h3,5,8H,4,6-7,11H2,1-2H3. The zero-order chi connectivity index (χ0) is 10.2. The first-order valence-electron chi connectivity index (χ1n) is 5.01. The fourth-order valence-corrected chi connectivity index (χ4v) is 2.04. The van der Waals surface area contributed by atoms with Crippen molar-refractivity contribution >= 4 is 5.82 Å². The molecule has 1 aromatic heterocycles. The zero-order valence-electron chi connectivity index (χ0n) is 8.73. The van der Waals surface area contributed by atoms with Crippen LogP contribution in [-0.4, -0.2) is 22.0 Å². The summed E-state index contributed by atoms with van der Waals surface area (Å²) in [5.41, 5.74) is 5.77. The molecule has 0 aromatic carbocycles. The molecule has 0 amide bonds. The van der Waals surface area contributed by atoms with Crippen LogP contribution in [0.3, 0.4) is 0 Å². The van der Waals surface area contributed by atoms with Crippen molar-refractivity contribution in [1.29, 1.82) is 0 Å². The van der Waals surface area contributed by atoms with Crippen molar-refractivity contribution in [2.24, 2.45) is 0 Å². The Morgan fingerprint density at radius 3 is 3.00 bits per heavy atom. The first-order chi connectivity index (χ1) is 6.58. The summed E-state index contributed by atoms with van der Waals surface area (Å²) < 4.78 is 7.56. The van der Waals surface area contributed by atoms with Crippen LogP contribution < -0.4 is 5.73 Å². The Balaban J connectivity index is 2.16. The Bertz CT molecular complexity index is 319. The summed E-state index contributed by atoms with van der Waals surface area (Å²) in [6.07, 6.45) is 3.71. The van der Waals surface area contributed by atoms with Crippen LogP contribution in [-0.2, 0) is 4.74 Å². The summed E-state index contributed by atoms with van der Waals surface area (Å²) in [5.74, 6) is 0.743. The van der Waals surface area contributed by atoms with E-state index in [9.17, 15) is 0 Å². The van der Waals surface area contributed by atoms with Gasteiger partial charge in [-0.2, -0.15) is 5.10 Å². The van der Waals surface area contributed by atoms with E-state index in [1.807, 2.05) is 10.7 Å². The van der Waals surface area contributed by atoms with Gasteiger partial charge in [0.15, 0.2) is 0 Å². The minimum atomic E-state index is -0.0543. The number of rotatable bonds is 1. The molecule has 2 heterocycles. The van der Waals surface area contributed by atoms with Gasteiger partial charge in [0.2, 0.25) is 0 Å². The van der Waals surface area contributed by atoms with E-state index in [4.69, 9.17) is 10.5 Å². The van der Waals surface area contributed by atoms with E-state index in [1.165, 1.54) is 0 Å². The highest BCUT2D eigenvalue weighted by Gasteiger charge is 2.30. The van der Waals surface area contributed by atoms with Gasteiger partial charge in [-0.15, -0.1) is 0 Å². The Labute approximate surface area is 84.0 Å². The maximum Gasteiger partial charge on any atom is 0.121 e. The topological polar surface area (TPSA) is 53.1 Å². The lowest BCUT2D eigenvalue weighted by Crippen LogP contribution is -2.35. The molecule has 1 unspecified atom stereocenters. The molecular formula is C10H17N3O. The molecule has 1 aromatic rings. The molecule has 0 spiro atoms. The molecule has 0 aliphatic carbocycles. The fourth-order valence-electron chi connectivity index (χ4n) is 2.04. The van der Waals surface area contributed by atoms with E-state index >= 15 is 0 Å². The number of anilines is 1. The second-order valence-electron chi connectivity index (χ2n) is 4.46. The highest BCUT2D eigenvalue weighted by Crippen LogP contribution is 2.32. The molecule has 4 heteroatoms. The van der Waals surface area contributed by atoms with Crippen LogP contribution in [0.5, 0.6) is 0 Å². The average Bonchev–Trinajstić information content (AvgIpc) is 2.49. The van der Waals surface area contributed by atoms with Gasteiger partial charge in [-0.05, 0) is 32.8 Å². The number of aromatic nitrogens is 2. The number of ether oxygens (including phenoxy) is 1. The summed E-state index contributed by atoms with van der Waals surface area (Å²) in [6, 6.07) is 2.22. The lowest BCUT2D eigenvalue weighted by atomic mass is 9.94. The first-order valence-corrected chi connectivity index (χ1v) is 5.01. The number of nitrogens with two attached hydrogens (primary N) is 1. The van der Waals surface area contributed by atoms with E-state index in [1.54, 1.807) is 6.20 Å². The molecule has 0 radical (unpaired) electrons. The van der Waals surface area contributed by atoms with Crippen molar-refractivity contribution in [2.75, 3.05) is 12.3 Å². The lowest BCUT2D eigenvalue weighted by Gasteiger charge is -2.35. The van der Waals surface area contributed by atoms with Crippen molar-refractivity contribution in [3.8, 4) is 0 Å². The molecule has 1 saturated heterocycles. The van der Waals surface area contributed by atoms with Gasteiger partial charge in [0.05, 0.1) is 17.8 Å². The molecule has 0 saturated carbocycles. The maximum absolute atomic E-state index is 5.82. The summed E-state index contributed by atoms with van der Waals surface area (Å²) >= 11 is 0. The minimum absolute atomic E-state index is 0.0543. The third kappa shape index (κ3) is 1.75. The molecule has 0 bridgehead atoms. The molecular weight excluding hydrogens is 178 g/mol. The summed E-state index contributed by atoms with van der Waals surface area (Å²) in [7, 11) is 0. The molecule has 1 atom stereocenters. The predicted octanol–water partition coefficient (Wildman–Crippen LogP) is 1.60. The fraction of sp³-hybridized carbons (Fsp3) is 0.700. The van der Waals surface area contributed by atoms with Gasteiger partial charge in [-0.25, -0.2) is 4.68 Å². The van der Waals surface area contributed by atoms with E-state index in [0.29, 0.717) is 6.04 Å². The third-order valence-corrected chi connectivity index (χ3v) is 2.72. The Morgan fingerprint density at radius 1 is 1.64 bits per heavy atom. The molecule has 1 aliphatic rings. The van der Waals surface area contributed by atoms with Crippen LogP contribution in [0, 0.1) is 0 Å². The monoisotopic (exact) mass is 195 g/mol. The molecule has 1 fully saturated rings. The van der Waals surface area contributed by atoms with Crippen LogP contribution in [0.25, 0.3) is 0 Å². The largest absolute Gasteiger partial charge is 0.384 e. The molecule has 1 aliphatic heterocycles. The highest BCUT2D eigenvalue weighted by molar-refractivity contribution is 5.26. The van der Waals surface area contributed by atoms with Gasteiger partial charge in [-0.1, -0.05) is 0 Å². The van der Waals surface area contributed by atoms with E-state index < -0.39 is 0 Å². The summed E-state index contributed by atoms with van der Waals surface area (Å²) in [6.45, 7) is 5.01. The van der Waals surface area contributed by atoms with Crippen LogP contribution >= 0.6 is 0 Å². The van der Waals surface area contributed by atoms with Gasteiger partial charge in [0.1, 0.15) is 5.82 Å². The molecule has 78 valence electrons. The zero-order valence-corrected chi connectivity index (χ0v) is 8.73. The van der Waals surface area contributed by atoms with Gasteiger partial charge in [-0.3, -0.25) is 0 Å². The first kappa shape index (κ1) is 9.52. The Morgan fingerprint density at radius 2 is 2.43 bits per heavy atom. The minimum Gasteiger partial charge on any atom is -0.384 e. The van der Waals surface area contributed by atoms with Gasteiger partial charge in [0.25, 0.3) is 0 Å². The van der Waals surface area contributed by atoms with E-state index in [2.05, 4.69) is 18.9 Å². The number of nitrogens with zero attached hydrogens (tertiary/aromatic N) is 2. The number of hydrogen-bond donors (Lipinski definition) is 1. The molecule has 4 nitrogen and oxygen atoms in total. The second kappa shape index (κ2) is 3.28. The third-order valence-electron chi connectivity index (χ3n) is 2.72. The number of hydrogen-bond acceptors (Lipinski definition) is 3. The van der Waals surface area contributed by atoms with Crippen molar-refractivity contribution in [2.45, 2.75) is 38.3 Å². The van der Waals surface area contributed by atoms with E-state index in [0.717, 1.165) is 25.3 Å². The molecule has 2 rings (SSSR count). The van der Waals surface area contributed by atoms with Crippen molar-refractivity contribution in [3.63, 3.8) is 0 Å². The lowest BCUT2D eigenvalue weighted by molar-refractivity contribution is -0.0704. The summed E-state index contributed by atoms with van der Waals surface area (Å²) in [4.78, 5) is 0. The SMILES string of the molecule is CC1(C)CC(n2nccc2N)CCO1. The summed E-state index contributed by atoms with van der Waals surface area (Å²) in [5, 5.41) is 4.24. The van der Waals surface area contributed by atoms with Crippen LogP contribution in [0.4, 0.5) is 5.82 Å². The number of nitrogen functional groups attached to an aromatic ring is 1. The van der Waals surface area contributed by atoms with Crippen molar-refractivity contribution < 1.29 is 4.74 Å². The van der Waals surface area contributed by atoms with Crippen LogP contribution in [0.2, 0.25) is 0 Å². The van der Waals surface area contributed by atoms with Crippen LogP contribution in [0.1, 0.15) is 32.7 Å². The van der Waals surface area contributed by atoms with Gasteiger partial charge in [0, 0.05) is 6.61 Å². The van der Waals surface area contributed by atoms with Gasteiger partial charge < -0.3 is 10.5 Å². The van der Waals surface area contributed by atoms with Gasteiger partial charge >= 0.3 is 0 Å². The van der Waals surface area contributed by atoms with Crippen molar-refractivity contribution in [3.05, 3.63) is 12.3 Å². The smallest absolute Gasteiger partial charge is 0.121 e. The Hall–Kier alpha value is -1.03. The normalized spacial score (nSPS) is 26.3. The van der Waals surface area contributed by atoms with Crippen LogP contribution in [0.15, 0.2) is 12.3 Å². The average molecular weight is 195 g/mol. The maximum atomic E-state index is 5.82. The van der Waals surface area contributed by atoms with E-state index in [-0.39, 0.29) is 5.60 Å². The predicted molar refractivity (Wildman–Crippen MR) is 54.9 cm³/mol. The Kier molecular flexibility index (Phi) is 2.23.